The van der Waals surface area contributed by atoms with Crippen LogP contribution < -0.4 is 11.1 Å². The van der Waals surface area contributed by atoms with E-state index in [2.05, 4.69) is 20.5 Å². The third kappa shape index (κ3) is 4.04. The number of carbonyl (C=O) groups is 2. The van der Waals surface area contributed by atoms with Crippen molar-refractivity contribution < 1.29 is 15.4 Å². The highest BCUT2D eigenvalue weighted by atomic mass is 32.1. The molecule has 2 saturated carbocycles. The number of amides is 1. The van der Waals surface area contributed by atoms with Crippen LogP contribution in [0.1, 0.15) is 79.1 Å². The molecule has 3 aliphatic carbocycles. The number of imidazole rings is 1. The van der Waals surface area contributed by atoms with Gasteiger partial charge in [0.05, 0.1) is 11.9 Å². The van der Waals surface area contributed by atoms with Gasteiger partial charge in [0, 0.05) is 31.6 Å². The Morgan fingerprint density at radius 3 is 2.79 bits per heavy atom. The zero-order chi connectivity index (χ0) is 23.4. The molecule has 3 heterocycles. The topological polar surface area (TPSA) is 129 Å². The number of Topliss-reactive ketones (excluding diaryl/α,β-unsaturated/α-hetero) is 1. The van der Waals surface area contributed by atoms with Gasteiger partial charge >= 0.3 is 0 Å². The monoisotopic (exact) mass is 482 g/mol. The fraction of sp³-hybridized carbons (Fsp3) is 0.542. The molecule has 10 heteroatoms. The number of aryl methyl sites for hydroxylation is 2. The van der Waals surface area contributed by atoms with Crippen LogP contribution in [0.15, 0.2) is 10.7 Å². The van der Waals surface area contributed by atoms with E-state index in [9.17, 15) is 9.59 Å². The predicted octanol–water partition coefficient (Wildman–Crippen LogP) is 4.58. The Labute approximate surface area is 202 Å². The summed E-state index contributed by atoms with van der Waals surface area (Å²) in [6.07, 6.45) is 9.91. The first kappa shape index (κ1) is 21.5. The Kier molecular flexibility index (Phi) is 5.28. The molecule has 1 atom stereocenters. The van der Waals surface area contributed by atoms with Crippen LogP contribution in [0.3, 0.4) is 0 Å². The molecule has 0 bridgehead atoms. The number of thiophene rings is 1. The highest BCUT2D eigenvalue weighted by Crippen LogP contribution is 2.44. The van der Waals surface area contributed by atoms with E-state index in [0.717, 1.165) is 48.2 Å². The third-order valence-electron chi connectivity index (χ3n) is 7.13. The van der Waals surface area contributed by atoms with E-state index in [4.69, 9.17) is 10.2 Å². The number of fused-ring (bicyclic) bond motifs is 1. The predicted molar refractivity (Wildman–Crippen MR) is 130 cm³/mol. The minimum Gasteiger partial charge on any atom is -0.420 e. The molecule has 6 rings (SSSR count). The molecular formula is C24H30N6O3S. The van der Waals surface area contributed by atoms with Crippen molar-refractivity contribution in [1.29, 1.82) is 0 Å². The van der Waals surface area contributed by atoms with E-state index < -0.39 is 0 Å². The second-order valence-corrected chi connectivity index (χ2v) is 10.9. The minimum atomic E-state index is 0. The molecule has 2 fully saturated rings. The van der Waals surface area contributed by atoms with Crippen LogP contribution in [0.25, 0.3) is 11.6 Å². The highest BCUT2D eigenvalue weighted by Gasteiger charge is 2.35. The number of nitrogens with zero attached hydrogens (tertiary/aromatic N) is 4. The maximum Gasteiger partial charge on any atom is 0.270 e. The van der Waals surface area contributed by atoms with Gasteiger partial charge in [0.2, 0.25) is 11.8 Å². The number of anilines is 2. The summed E-state index contributed by atoms with van der Waals surface area (Å²) in [7, 11) is 0. The standard InChI is InChI=1S/C24H28N6O3S.H2/c1-12-28-29-23(33-12)20-21(25)30(11-26-20)15-7-9-18-16(10-15)19(17(31)8-4-13-2-3-13)24(34-18)27-22(32)14-5-6-14;/h11,13-15H,2-10,25H2,1H3,(H,27,32);1H/t15-;/m0./s1. The Hall–Kier alpha value is -3.01. The summed E-state index contributed by atoms with van der Waals surface area (Å²) in [5, 5.41) is 11.7. The number of rotatable bonds is 8. The van der Waals surface area contributed by atoms with Gasteiger partial charge in [0.25, 0.3) is 5.89 Å². The lowest BCUT2D eigenvalue weighted by atomic mass is 9.89. The van der Waals surface area contributed by atoms with E-state index in [1.807, 2.05) is 4.57 Å². The number of carbonyl (C=O) groups excluding carboxylic acids is 2. The maximum atomic E-state index is 13.4. The Bertz CT molecular complexity index is 1270. The summed E-state index contributed by atoms with van der Waals surface area (Å²) in [6.45, 7) is 1.73. The SMILES string of the molecule is Cc1nnc(-c2ncn([C@H]3CCc4sc(NC(=O)C5CC5)c(C(=O)CCC5CC5)c4C3)c2N)o1.[HH]. The molecule has 0 aromatic carbocycles. The van der Waals surface area contributed by atoms with E-state index >= 15 is 0 Å². The number of aromatic nitrogens is 4. The fourth-order valence-corrected chi connectivity index (χ4v) is 6.10. The summed E-state index contributed by atoms with van der Waals surface area (Å²) < 4.78 is 7.47. The zero-order valence-corrected chi connectivity index (χ0v) is 20.0. The van der Waals surface area contributed by atoms with Crippen LogP contribution in [0.2, 0.25) is 0 Å². The van der Waals surface area contributed by atoms with Crippen LogP contribution in [-0.4, -0.2) is 31.4 Å². The average molecular weight is 483 g/mol. The van der Waals surface area contributed by atoms with E-state index in [1.54, 1.807) is 24.6 Å². The maximum absolute atomic E-state index is 13.4. The first-order valence-corrected chi connectivity index (χ1v) is 12.9. The molecule has 3 aliphatic rings. The largest absolute Gasteiger partial charge is 0.420 e. The van der Waals surface area contributed by atoms with Gasteiger partial charge in [-0.15, -0.1) is 21.5 Å². The van der Waals surface area contributed by atoms with Gasteiger partial charge in [-0.05, 0) is 50.0 Å². The molecule has 3 aromatic heterocycles. The van der Waals surface area contributed by atoms with E-state index in [0.29, 0.717) is 42.1 Å². The Morgan fingerprint density at radius 2 is 2.09 bits per heavy atom. The number of nitrogen functional groups attached to an aromatic ring is 1. The van der Waals surface area contributed by atoms with Crippen molar-refractivity contribution in [2.75, 3.05) is 11.1 Å². The van der Waals surface area contributed by atoms with Crippen molar-refractivity contribution in [3.8, 4) is 11.6 Å². The van der Waals surface area contributed by atoms with Crippen molar-refractivity contribution in [1.82, 2.24) is 19.7 Å². The zero-order valence-electron chi connectivity index (χ0n) is 19.2. The molecule has 1 amide bonds. The second kappa shape index (κ2) is 8.33. The molecule has 0 spiro atoms. The van der Waals surface area contributed by atoms with Crippen LogP contribution in [0, 0.1) is 18.8 Å². The van der Waals surface area contributed by atoms with E-state index in [-0.39, 0.29) is 25.1 Å². The van der Waals surface area contributed by atoms with Crippen LogP contribution >= 0.6 is 11.3 Å². The van der Waals surface area contributed by atoms with Crippen molar-refractivity contribution >= 4 is 33.8 Å². The first-order valence-electron chi connectivity index (χ1n) is 12.1. The quantitative estimate of drug-likeness (QED) is 0.449. The summed E-state index contributed by atoms with van der Waals surface area (Å²) in [4.78, 5) is 31.6. The summed E-state index contributed by atoms with van der Waals surface area (Å²) >= 11 is 1.58. The number of hydrogen-bond donors (Lipinski definition) is 2. The normalized spacial score (nSPS) is 19.7. The van der Waals surface area contributed by atoms with Crippen LogP contribution in [0.4, 0.5) is 10.8 Å². The number of ketones is 1. The van der Waals surface area contributed by atoms with Gasteiger partial charge in [-0.3, -0.25) is 9.59 Å². The summed E-state index contributed by atoms with van der Waals surface area (Å²) in [6, 6.07) is 0.0642. The van der Waals surface area contributed by atoms with Gasteiger partial charge in [0.15, 0.2) is 11.5 Å². The summed E-state index contributed by atoms with van der Waals surface area (Å²) in [5.74, 6) is 2.23. The molecule has 3 aromatic rings. The molecule has 9 nitrogen and oxygen atoms in total. The molecule has 0 aliphatic heterocycles. The van der Waals surface area contributed by atoms with Gasteiger partial charge in [0.1, 0.15) is 10.8 Å². The van der Waals surface area contributed by atoms with Gasteiger partial charge in [-0.1, -0.05) is 12.8 Å². The first-order chi connectivity index (χ1) is 16.5. The molecule has 0 unspecified atom stereocenters. The average Bonchev–Trinajstić information content (AvgIpc) is 3.73. The van der Waals surface area contributed by atoms with Crippen molar-refractivity contribution in [3.63, 3.8) is 0 Å². The minimum absolute atomic E-state index is 0. The number of nitrogens with one attached hydrogen (secondary N) is 1. The Morgan fingerprint density at radius 1 is 1.26 bits per heavy atom. The molecular weight excluding hydrogens is 452 g/mol. The molecule has 3 N–H and O–H groups in total. The van der Waals surface area contributed by atoms with Gasteiger partial charge in [-0.25, -0.2) is 4.98 Å². The highest BCUT2D eigenvalue weighted by molar-refractivity contribution is 7.17. The molecule has 180 valence electrons. The third-order valence-corrected chi connectivity index (χ3v) is 8.34. The van der Waals surface area contributed by atoms with Crippen LogP contribution in [0.5, 0.6) is 0 Å². The van der Waals surface area contributed by atoms with Crippen molar-refractivity contribution in [2.24, 2.45) is 11.8 Å². The van der Waals surface area contributed by atoms with Gasteiger partial charge < -0.3 is 20.0 Å². The lowest BCUT2D eigenvalue weighted by Gasteiger charge is -2.25. The van der Waals surface area contributed by atoms with Crippen molar-refractivity contribution in [3.05, 3.63) is 28.2 Å². The number of nitrogens with two attached hydrogens (primary N) is 1. The smallest absolute Gasteiger partial charge is 0.270 e. The molecule has 34 heavy (non-hydrogen) atoms. The fourth-order valence-electron chi connectivity index (χ4n) is 4.83. The van der Waals surface area contributed by atoms with Crippen LogP contribution in [-0.2, 0) is 17.6 Å². The lowest BCUT2D eigenvalue weighted by Crippen LogP contribution is -2.20. The second-order valence-electron chi connectivity index (χ2n) is 9.79. The number of hydrogen-bond acceptors (Lipinski definition) is 8. The van der Waals surface area contributed by atoms with Gasteiger partial charge in [-0.2, -0.15) is 0 Å². The lowest BCUT2D eigenvalue weighted by molar-refractivity contribution is -0.117. The van der Waals surface area contributed by atoms with E-state index in [1.165, 1.54) is 17.7 Å². The summed E-state index contributed by atoms with van der Waals surface area (Å²) in [5.41, 5.74) is 8.72. The Balaban J connectivity index is 0.00000253. The molecule has 0 saturated heterocycles. The van der Waals surface area contributed by atoms with Crippen molar-refractivity contribution in [2.45, 2.75) is 70.8 Å². The molecule has 0 radical (unpaired) electrons.